The van der Waals surface area contributed by atoms with Crippen molar-refractivity contribution in [1.82, 2.24) is 111 Å². The van der Waals surface area contributed by atoms with Crippen LogP contribution in [0.5, 0.6) is 0 Å². The first-order valence-electron chi connectivity index (χ1n) is 45.5. The Morgan fingerprint density at radius 1 is 0.503 bits per heavy atom. The Morgan fingerprint density at radius 2 is 0.938 bits per heavy atom. The van der Waals surface area contributed by atoms with Gasteiger partial charge in [-0.05, 0) is 124 Å². The lowest BCUT2D eigenvalue weighted by Crippen LogP contribution is -2.61. The molecule has 1 unspecified atom stereocenters. The summed E-state index contributed by atoms with van der Waals surface area (Å²) < 4.78 is 31.7. The number of fused-ring (bicyclic) bond motifs is 12. The maximum absolute atomic E-state index is 15.4. The molecule has 19 atom stereocenters. The van der Waals surface area contributed by atoms with Gasteiger partial charge >= 0.3 is 18.1 Å². The maximum Gasteiger partial charge on any atom is 0.490 e. The van der Waals surface area contributed by atoms with Crippen molar-refractivity contribution >= 4 is 191 Å². The Labute approximate surface area is 844 Å². The largest absolute Gasteiger partial charge is 0.490 e. The van der Waals surface area contributed by atoms with Gasteiger partial charge in [0.1, 0.15) is 103 Å². The number of carbonyl (C=O) groups is 23. The molecule has 4 rings (SSSR count). The number of imidazole rings is 1. The van der Waals surface area contributed by atoms with Crippen LogP contribution in [0.4, 0.5) is 13.2 Å². The number of nitrogens with two attached hydrogens (primary N) is 8. The van der Waals surface area contributed by atoms with E-state index in [0.717, 1.165) is 47.3 Å². The van der Waals surface area contributed by atoms with Crippen LogP contribution in [-0.4, -0.2) is 348 Å². The number of aromatic nitrogens is 2. The van der Waals surface area contributed by atoms with E-state index in [2.05, 4.69) is 106 Å². The molecule has 1 aromatic rings. The zero-order valence-corrected chi connectivity index (χ0v) is 83.4. The average molecular weight is 2140 g/mol. The van der Waals surface area contributed by atoms with Crippen LogP contribution in [0.1, 0.15) is 156 Å². The van der Waals surface area contributed by atoms with Gasteiger partial charge in [0.15, 0.2) is 11.9 Å². The second kappa shape index (κ2) is 63.7. The Balaban J connectivity index is 0.00000742. The van der Waals surface area contributed by atoms with Gasteiger partial charge in [-0.1, -0.05) is 57.0 Å². The molecule has 4 heterocycles. The summed E-state index contributed by atoms with van der Waals surface area (Å²) in [6, 6.07) is -31.5. The molecule has 3 fully saturated rings. The molecule has 0 spiro atoms. The number of carboxylic acid groups (broad SMARTS) is 2. The highest BCUT2D eigenvalue weighted by Crippen LogP contribution is 2.27. The lowest BCUT2D eigenvalue weighted by molar-refractivity contribution is -0.192. The number of aliphatic hydroxyl groups excluding tert-OH is 1. The van der Waals surface area contributed by atoms with Gasteiger partial charge in [-0.25, -0.2) is 9.78 Å². The molecule has 0 radical (unpaired) electrons. The fraction of sp³-hybridized carbons (Fsp3) is 0.654. The minimum atomic E-state index is -5.08. The van der Waals surface area contributed by atoms with Crippen molar-refractivity contribution < 1.29 is 139 Å². The van der Waals surface area contributed by atoms with E-state index in [0.29, 0.717) is 21.6 Å². The molecule has 3 aliphatic rings. The average Bonchev–Trinajstić information content (AvgIpc) is 1.85. The third-order valence-corrected chi connectivity index (χ3v) is 26.3. The predicted octanol–water partition coefficient (Wildman–Crippen LogP) is -11.7. The number of nitrogens with one attached hydrogen (secondary N) is 21. The van der Waals surface area contributed by atoms with Gasteiger partial charge in [0, 0.05) is 74.5 Å². The van der Waals surface area contributed by atoms with Crippen molar-refractivity contribution in [3.8, 4) is 0 Å². The van der Waals surface area contributed by atoms with E-state index in [1.54, 1.807) is 13.8 Å². The van der Waals surface area contributed by atoms with Gasteiger partial charge in [-0.2, -0.15) is 13.2 Å². The summed E-state index contributed by atoms with van der Waals surface area (Å²) in [5.74, 6) is -32.0. The molecule has 145 heavy (non-hydrogen) atoms. The van der Waals surface area contributed by atoms with Crippen LogP contribution >= 0.6 is 43.2 Å². The molecule has 0 saturated carbocycles. The molecule has 40 N–H and O–H groups in total. The summed E-state index contributed by atoms with van der Waals surface area (Å²) in [5, 5.41) is 87.8. The Hall–Kier alpha value is -13.4. The summed E-state index contributed by atoms with van der Waals surface area (Å²) in [6.07, 6.45) is -10.6. The van der Waals surface area contributed by atoms with Gasteiger partial charge in [0.2, 0.25) is 124 Å². The number of guanidine groups is 2. The van der Waals surface area contributed by atoms with Crippen LogP contribution in [0.3, 0.4) is 0 Å². The standard InChI is InChI=1S/C79H131N31O24S4.C2HF3O2/c1-35(2)26-49-70(127)107-51-31-136-135-30-41(81)63(120)105-50(28-57(84)114)71(128)108-53(73(130)99-42(12-7-8-22-80)64(121)96-38(5)77(134)110-25-11-15-54(110)75(132)102-47(18-21-58(115)116)69(126)109-59(39(6)111)76(133)95-37(4)62(119)104-49)33-138-137-32-52(106-66(123)44(14-10-24-92-79(88)89)98-65(122)43(13-9-23-91-78(86)87)97-61(118)36(3)94-72(51)129)74(131)101-45(16-19-55(82)112)67(124)100-46(17-20-56(83)113)68(125)103-48(60(85)117)27-40-29-90-34-93-40;3-2(4,5)1(6)7/h29,34-39,41-54,59,111H,7-28,30-33,80-81H2,1-6H3,(H2,82,112)(H2,83,113)(H2,84,114)(H2,85,117)(H,90,93)(H,94,129)(H,95,133)(H,96,121)(H,97,118)(H,98,122)(H,99,130)(H,100,124)(H,101,131)(H,102,132)(H,103,125)(H,104,119)(H,105,120)(H,106,123)(H,107,127)(H,108,128)(H,109,126)(H,115,116)(H4,86,87,91)(H4,88,89,92);(H,6,7)/t36-,37-,38-,39+,41+,42-,43-,44-,45-,46-,47?,48-,49-,50+,51+,52-,53-,54-,59-;/m0./s1. The summed E-state index contributed by atoms with van der Waals surface area (Å²) in [7, 11) is 2.86. The number of amides is 21. The van der Waals surface area contributed by atoms with E-state index in [-0.39, 0.29) is 96.1 Å². The van der Waals surface area contributed by atoms with Crippen molar-refractivity contribution in [2.45, 2.75) is 278 Å². The quantitative estimate of drug-likeness (QED) is 0.0130. The Bertz CT molecular complexity index is 4710. The predicted molar refractivity (Wildman–Crippen MR) is 516 cm³/mol. The molecule has 21 amide bonds. The SMILES string of the molecule is CC(C)C[C@@H]1NC(=O)[C@H](C)NC(=O)[C@H]([C@@H](C)O)NC(=O)C(CCC(=O)O)NC(=O)[C@@H]2CCCN2C(=O)[C@H](C)NC(=O)[C@H](CCCCN)NC(=O)[C@@H]2CSSC[C@@H](C(=O)N[C@@H](CCC(N)=O)C(=O)N[C@@H](CCC(N)=O)C(=O)N[C@@H](Cc3c[nH]cn3)C(N)=O)NC(=O)[C@H](CCCNC(=N)N)NC(=O)[C@H](CCCNC(=N)N)NC(=O)[C@H](C)NC(=O)[C@@H](CSSC[C@@H](N)C(=O)N[C@H](CC(N)=O)C(=O)N2)NC1=O.O=C(O)C(F)(F)F. The summed E-state index contributed by atoms with van der Waals surface area (Å²) in [5.41, 5.74) is 46.1. The second-order valence-corrected chi connectivity index (χ2v) is 39.2. The zero-order valence-electron chi connectivity index (χ0n) is 80.1. The number of aromatic amines is 1. The number of aliphatic carboxylic acids is 2. The lowest BCUT2D eigenvalue weighted by Gasteiger charge is -2.30. The van der Waals surface area contributed by atoms with Gasteiger partial charge < -0.3 is 167 Å². The van der Waals surface area contributed by atoms with Crippen LogP contribution < -0.4 is 142 Å². The molecule has 1 aromatic heterocycles. The van der Waals surface area contributed by atoms with E-state index < -0.39 is 349 Å². The van der Waals surface area contributed by atoms with Crippen LogP contribution in [0.25, 0.3) is 0 Å². The minimum absolute atomic E-state index is 0.0326. The number of aliphatic hydroxyl groups is 1. The highest BCUT2D eigenvalue weighted by Gasteiger charge is 2.44. The summed E-state index contributed by atoms with van der Waals surface area (Å²) >= 11 is 0. The lowest BCUT2D eigenvalue weighted by atomic mass is 10.0. The number of hydrogen-bond donors (Lipinski definition) is 32. The van der Waals surface area contributed by atoms with Gasteiger partial charge in [0.05, 0.1) is 30.6 Å². The molecule has 2 bridgehead atoms. The van der Waals surface area contributed by atoms with E-state index in [9.17, 15) is 110 Å². The number of halogens is 3. The molecule has 0 aliphatic carbocycles. The smallest absolute Gasteiger partial charge is 0.481 e. The van der Waals surface area contributed by atoms with Crippen LogP contribution in [-0.2, 0) is 117 Å². The number of carboxylic acids is 2. The number of primary amides is 4. The van der Waals surface area contributed by atoms with E-state index in [1.807, 2.05) is 0 Å². The molecular weight excluding hydrogens is 2010 g/mol. The molecule has 3 aliphatic heterocycles. The van der Waals surface area contributed by atoms with Crippen LogP contribution in [0.15, 0.2) is 12.5 Å². The zero-order chi connectivity index (χ0) is 109. The van der Waals surface area contributed by atoms with Crippen LogP contribution in [0, 0.1) is 16.7 Å². The number of H-pyrrole nitrogens is 1. The van der Waals surface area contributed by atoms with Crippen molar-refractivity contribution in [1.29, 1.82) is 10.8 Å². The fourth-order valence-corrected chi connectivity index (χ4v) is 18.3. The number of carbonyl (C=O) groups excluding carboxylic acids is 21. The van der Waals surface area contributed by atoms with Crippen molar-refractivity contribution in [3.63, 3.8) is 0 Å². The normalized spacial score (nSPS) is 24.4. The van der Waals surface area contributed by atoms with Gasteiger partial charge in [-0.3, -0.25) is 116 Å². The molecular formula is C81H132F3N31O26S4. The van der Waals surface area contributed by atoms with E-state index >= 15 is 19.2 Å². The molecule has 3 saturated heterocycles. The maximum atomic E-state index is 15.4. The molecule has 64 heteroatoms. The van der Waals surface area contributed by atoms with Crippen molar-refractivity contribution in [2.24, 2.45) is 51.8 Å². The van der Waals surface area contributed by atoms with E-state index in [4.69, 9.17) is 66.6 Å². The highest BCUT2D eigenvalue weighted by molar-refractivity contribution is 8.77. The van der Waals surface area contributed by atoms with Crippen LogP contribution in [0.2, 0.25) is 0 Å². The Morgan fingerprint density at radius 3 is 1.43 bits per heavy atom. The molecule has 812 valence electrons. The van der Waals surface area contributed by atoms with E-state index in [1.165, 1.54) is 19.4 Å². The summed E-state index contributed by atoms with van der Waals surface area (Å²) in [6.45, 7) is 7.48. The monoisotopic (exact) mass is 2140 g/mol. The first-order valence-corrected chi connectivity index (χ1v) is 50.5. The molecule has 0 aromatic carbocycles. The van der Waals surface area contributed by atoms with Gasteiger partial charge in [-0.15, -0.1) is 0 Å². The number of hydrogen-bond acceptors (Lipinski definition) is 33. The third kappa shape index (κ3) is 47.4. The summed E-state index contributed by atoms with van der Waals surface area (Å²) in [4.78, 5) is 329. The molecule has 57 nitrogen and oxygen atoms in total. The first-order chi connectivity index (χ1) is 67.9. The second-order valence-electron chi connectivity index (χ2n) is 34.0. The number of alkyl halides is 3. The fourth-order valence-electron chi connectivity index (χ4n) is 13.7. The topological polar surface area (TPSA) is 958 Å². The first kappa shape index (κ1) is 126. The highest BCUT2D eigenvalue weighted by atomic mass is 33.1. The number of nitrogens with zero attached hydrogens (tertiary/aromatic N) is 2. The third-order valence-electron chi connectivity index (χ3n) is 21.5. The minimum Gasteiger partial charge on any atom is -0.481 e. The van der Waals surface area contributed by atoms with Gasteiger partial charge in [0.25, 0.3) is 0 Å². The van der Waals surface area contributed by atoms with Crippen molar-refractivity contribution in [2.75, 3.05) is 49.2 Å². The Kier molecular flexibility index (Phi) is 55.3. The number of unbranched alkanes of at least 4 members (excludes halogenated alkanes) is 1. The number of rotatable bonds is 35. The van der Waals surface area contributed by atoms with Crippen molar-refractivity contribution in [3.05, 3.63) is 18.2 Å².